The Morgan fingerprint density at radius 3 is 2.41 bits per heavy atom. The summed E-state index contributed by atoms with van der Waals surface area (Å²) in [6, 6.07) is 0. The number of nitrogens with two attached hydrogens (primary N) is 1. The zero-order valence-electron chi connectivity index (χ0n) is 28.6. The van der Waals surface area contributed by atoms with E-state index in [1.807, 2.05) is 0 Å². The number of phosphoric ester groups is 3. The van der Waals surface area contributed by atoms with Gasteiger partial charge in [0.05, 0.1) is 19.5 Å². The van der Waals surface area contributed by atoms with E-state index in [0.29, 0.717) is 12.2 Å². The van der Waals surface area contributed by atoms with Gasteiger partial charge in [-0.15, -0.1) is 0 Å². The largest absolute Gasteiger partial charge is 0.481 e. The van der Waals surface area contributed by atoms with Crippen LogP contribution in [0.2, 0.25) is 0 Å². The quantitative estimate of drug-likeness (QED) is 0.0473. The lowest BCUT2D eigenvalue weighted by Crippen LogP contribution is -2.46. The second-order valence-electron chi connectivity index (χ2n) is 12.1. The number of phosphoric acid groups is 3. The van der Waals surface area contributed by atoms with E-state index in [1.54, 1.807) is 0 Å². The van der Waals surface area contributed by atoms with Crippen LogP contribution in [0.5, 0.6) is 0 Å². The standard InChI is InChI=1S/C25H42N7O18P3S/c1-25(2,20(37)23(38)28-6-5-15(34)27-7-9-54-16(35)4-3-8-33)11-47-53(44,45)50-52(42,43)46-10-14-19(49-51(39,40)41)18(36)24(48-14)32-13-31-17-21(26)29-12-30-22(17)32/h12-14,18-20,24,33,36-37H,3-11H2,1-2H3,(H,27,34)(H,28,38)(H,42,43)(H,44,45)(H2,26,29,30)(H2,39,40,41)/t14-,18-,19-,20?,24-/m1/s1. The van der Waals surface area contributed by atoms with Crippen molar-refractivity contribution in [2.24, 2.45) is 5.41 Å². The molecule has 2 aromatic rings. The van der Waals surface area contributed by atoms with Crippen LogP contribution < -0.4 is 16.4 Å². The number of fused-ring (bicyclic) bond motifs is 1. The monoisotopic (exact) mass is 853 g/mol. The second-order valence-corrected chi connectivity index (χ2v) is 17.5. The summed E-state index contributed by atoms with van der Waals surface area (Å²) in [7, 11) is -16.4. The predicted octanol–water partition coefficient (Wildman–Crippen LogP) is -1.56. The normalized spacial score (nSPS) is 22.0. The van der Waals surface area contributed by atoms with Gasteiger partial charge in [0.2, 0.25) is 11.8 Å². The van der Waals surface area contributed by atoms with Crippen molar-refractivity contribution in [3.8, 4) is 0 Å². The number of nitrogens with zero attached hydrogens (tertiary/aromatic N) is 4. The third kappa shape index (κ3) is 13.9. The van der Waals surface area contributed by atoms with Crippen molar-refractivity contribution in [3.63, 3.8) is 0 Å². The van der Waals surface area contributed by atoms with E-state index in [0.717, 1.165) is 29.0 Å². The van der Waals surface area contributed by atoms with Crippen LogP contribution in [-0.4, -0.2) is 134 Å². The molecule has 3 unspecified atom stereocenters. The molecular weight excluding hydrogens is 811 g/mol. The van der Waals surface area contributed by atoms with Crippen molar-refractivity contribution in [1.29, 1.82) is 0 Å². The maximum atomic E-state index is 12.6. The summed E-state index contributed by atoms with van der Waals surface area (Å²) in [5.41, 5.74) is 4.24. The number of hydrogen-bond acceptors (Lipinski definition) is 19. The third-order valence-electron chi connectivity index (χ3n) is 7.30. The Balaban J connectivity index is 1.50. The maximum Gasteiger partial charge on any atom is 0.481 e. The highest BCUT2D eigenvalue weighted by Gasteiger charge is 2.50. The van der Waals surface area contributed by atoms with Crippen LogP contribution in [-0.2, 0) is 50.7 Å². The number of hydrogen-bond donors (Lipinski definition) is 10. The van der Waals surface area contributed by atoms with Crippen molar-refractivity contribution >= 4 is 69.1 Å². The van der Waals surface area contributed by atoms with Gasteiger partial charge in [0, 0.05) is 43.7 Å². The van der Waals surface area contributed by atoms with E-state index in [9.17, 15) is 57.9 Å². The van der Waals surface area contributed by atoms with Crippen LogP contribution >= 0.6 is 35.2 Å². The van der Waals surface area contributed by atoms with Crippen molar-refractivity contribution in [2.75, 3.05) is 44.4 Å². The van der Waals surface area contributed by atoms with E-state index in [4.69, 9.17) is 24.6 Å². The molecule has 1 fully saturated rings. The molecule has 7 atom stereocenters. The fourth-order valence-electron chi connectivity index (χ4n) is 4.59. The van der Waals surface area contributed by atoms with Gasteiger partial charge in [-0.05, 0) is 6.42 Å². The zero-order valence-corrected chi connectivity index (χ0v) is 32.1. The molecule has 306 valence electrons. The van der Waals surface area contributed by atoms with Gasteiger partial charge in [-0.25, -0.2) is 28.6 Å². The maximum absolute atomic E-state index is 12.6. The Hall–Kier alpha value is -2.48. The molecule has 0 spiro atoms. The lowest BCUT2D eigenvalue weighted by Gasteiger charge is -2.30. The van der Waals surface area contributed by atoms with E-state index in [-0.39, 0.29) is 54.6 Å². The molecule has 3 rings (SSSR count). The van der Waals surface area contributed by atoms with Crippen molar-refractivity contribution in [1.82, 2.24) is 30.2 Å². The lowest BCUT2D eigenvalue weighted by molar-refractivity contribution is -0.137. The summed E-state index contributed by atoms with van der Waals surface area (Å²) in [4.78, 5) is 86.9. The van der Waals surface area contributed by atoms with Crippen LogP contribution in [0.25, 0.3) is 11.2 Å². The van der Waals surface area contributed by atoms with Gasteiger partial charge >= 0.3 is 23.5 Å². The summed E-state index contributed by atoms with van der Waals surface area (Å²) in [6.07, 6.45) is -6.41. The van der Waals surface area contributed by atoms with Gasteiger partial charge in [0.15, 0.2) is 22.8 Å². The van der Waals surface area contributed by atoms with Crippen LogP contribution in [0, 0.1) is 5.41 Å². The highest BCUT2D eigenvalue weighted by atomic mass is 32.2. The van der Waals surface area contributed by atoms with Crippen LogP contribution in [0.4, 0.5) is 5.82 Å². The third-order valence-corrected chi connectivity index (χ3v) is 11.3. The van der Waals surface area contributed by atoms with E-state index < -0.39 is 84.6 Å². The minimum atomic E-state index is -5.57. The molecule has 0 saturated carbocycles. The molecule has 2 amide bonds. The summed E-state index contributed by atoms with van der Waals surface area (Å²) >= 11 is 0.999. The molecule has 54 heavy (non-hydrogen) atoms. The molecule has 1 saturated heterocycles. The molecule has 1 aliphatic rings. The van der Waals surface area contributed by atoms with E-state index in [2.05, 4.69) is 34.4 Å². The number of nitrogen functional groups attached to an aromatic ring is 1. The zero-order chi connectivity index (χ0) is 40.5. The lowest BCUT2D eigenvalue weighted by atomic mass is 9.87. The number of aromatic nitrogens is 4. The van der Waals surface area contributed by atoms with Crippen molar-refractivity contribution < 1.29 is 85.6 Å². The van der Waals surface area contributed by atoms with Crippen LogP contribution in [0.15, 0.2) is 12.7 Å². The minimum absolute atomic E-state index is 0.0267. The summed E-state index contributed by atoms with van der Waals surface area (Å²) in [6.45, 7) is 0.303. The number of carbonyl (C=O) groups is 3. The minimum Gasteiger partial charge on any atom is -0.396 e. The number of imidazole rings is 1. The molecule has 2 aromatic heterocycles. The summed E-state index contributed by atoms with van der Waals surface area (Å²) in [5, 5.41) is 34.8. The Morgan fingerprint density at radius 2 is 1.74 bits per heavy atom. The van der Waals surface area contributed by atoms with Crippen LogP contribution in [0.1, 0.15) is 39.3 Å². The first kappa shape index (κ1) is 45.9. The number of carbonyl (C=O) groups excluding carboxylic acids is 3. The highest BCUT2D eigenvalue weighted by molar-refractivity contribution is 8.13. The average Bonchev–Trinajstić information content (AvgIpc) is 3.63. The van der Waals surface area contributed by atoms with Gasteiger partial charge in [0.25, 0.3) is 0 Å². The highest BCUT2D eigenvalue weighted by Crippen LogP contribution is 2.61. The molecule has 25 nitrogen and oxygen atoms in total. The molecule has 0 bridgehead atoms. The number of thioether (sulfide) groups is 1. The molecule has 29 heteroatoms. The molecular formula is C25H42N7O18P3S. The SMILES string of the molecule is CC(C)(COP(=O)(O)OP(=O)(O)OC[C@H]1O[C@@H](n2cnc3c(N)ncnc32)[C@H](O)[C@@H]1OP(=O)(O)O)C(O)C(=O)NCCC(=O)NCCSC(=O)CCCO. The van der Waals surface area contributed by atoms with Gasteiger partial charge in [-0.1, -0.05) is 25.6 Å². The number of nitrogens with one attached hydrogen (secondary N) is 2. The Morgan fingerprint density at radius 1 is 1.06 bits per heavy atom. The van der Waals surface area contributed by atoms with Gasteiger partial charge in [0.1, 0.15) is 36.3 Å². The molecule has 1 aliphatic heterocycles. The van der Waals surface area contributed by atoms with Crippen molar-refractivity contribution in [3.05, 3.63) is 12.7 Å². The average molecular weight is 854 g/mol. The first-order chi connectivity index (χ1) is 25.1. The molecule has 0 radical (unpaired) electrons. The topological polar surface area (TPSA) is 384 Å². The van der Waals surface area contributed by atoms with Gasteiger partial charge in [-0.2, -0.15) is 4.31 Å². The number of anilines is 1. The van der Waals surface area contributed by atoms with E-state index in [1.165, 1.54) is 13.8 Å². The fourth-order valence-corrected chi connectivity index (χ4v) is 8.14. The number of aliphatic hydroxyl groups excluding tert-OH is 3. The van der Waals surface area contributed by atoms with E-state index >= 15 is 0 Å². The molecule has 0 aliphatic carbocycles. The first-order valence-corrected chi connectivity index (χ1v) is 21.2. The Kier molecular flexibility index (Phi) is 16.7. The summed E-state index contributed by atoms with van der Waals surface area (Å²) in [5.74, 6) is -1.19. The molecule has 0 aromatic carbocycles. The molecule has 11 N–H and O–H groups in total. The molecule has 3 heterocycles. The Bertz CT molecular complexity index is 1760. The second kappa shape index (κ2) is 19.6. The number of ether oxygens (including phenoxy) is 1. The van der Waals surface area contributed by atoms with Gasteiger partial charge < -0.3 is 56.0 Å². The summed E-state index contributed by atoms with van der Waals surface area (Å²) < 4.78 is 61.9. The first-order valence-electron chi connectivity index (χ1n) is 15.7. The van der Waals surface area contributed by atoms with Crippen LogP contribution in [0.3, 0.4) is 0 Å². The number of aliphatic hydroxyl groups is 3. The van der Waals surface area contributed by atoms with Gasteiger partial charge in [-0.3, -0.25) is 32.5 Å². The smallest absolute Gasteiger partial charge is 0.396 e. The number of rotatable bonds is 22. The predicted molar refractivity (Wildman–Crippen MR) is 183 cm³/mol. The Labute approximate surface area is 310 Å². The van der Waals surface area contributed by atoms with Crippen molar-refractivity contribution in [2.45, 2.75) is 63.8 Å². The fraction of sp³-hybridized carbons (Fsp3) is 0.680. The number of amides is 2.